The average molecular weight is 234 g/mol. The van der Waals surface area contributed by atoms with Crippen LogP contribution in [-0.4, -0.2) is 29.1 Å². The summed E-state index contributed by atoms with van der Waals surface area (Å²) in [5, 5.41) is 11.6. The lowest BCUT2D eigenvalue weighted by Crippen LogP contribution is -2.09. The van der Waals surface area contributed by atoms with Crippen LogP contribution >= 0.6 is 0 Å². The lowest BCUT2D eigenvalue weighted by molar-refractivity contribution is -0.143. The van der Waals surface area contributed by atoms with E-state index in [0.717, 1.165) is 0 Å². The van der Waals surface area contributed by atoms with Crippen LogP contribution in [0.2, 0.25) is 0 Å². The van der Waals surface area contributed by atoms with E-state index in [1.54, 1.807) is 6.92 Å². The molecule has 1 heterocycles. The Morgan fingerprint density at radius 2 is 2.47 bits per heavy atom. The van der Waals surface area contributed by atoms with Gasteiger partial charge in [-0.2, -0.15) is 5.26 Å². The van der Waals surface area contributed by atoms with E-state index in [9.17, 15) is 4.79 Å². The van der Waals surface area contributed by atoms with Crippen LogP contribution in [0.25, 0.3) is 0 Å². The van der Waals surface area contributed by atoms with Crippen molar-refractivity contribution in [2.24, 2.45) is 0 Å². The number of hydrogen-bond acceptors (Lipinski definition) is 6. The van der Waals surface area contributed by atoms with Crippen molar-refractivity contribution in [1.82, 2.24) is 9.97 Å². The number of hydrogen-bond donors (Lipinski definition) is 1. The molecule has 0 saturated carbocycles. The molecule has 0 aliphatic carbocycles. The smallest absolute Gasteiger partial charge is 0.305 e. The van der Waals surface area contributed by atoms with Gasteiger partial charge in [-0.05, 0) is 19.4 Å². The second-order valence-corrected chi connectivity index (χ2v) is 3.21. The first-order chi connectivity index (χ1) is 8.26. The van der Waals surface area contributed by atoms with Gasteiger partial charge in [-0.15, -0.1) is 0 Å². The Hall–Kier alpha value is -2.16. The molecule has 0 aromatic carbocycles. The molecule has 0 atom stereocenters. The van der Waals surface area contributed by atoms with Gasteiger partial charge in [0.1, 0.15) is 11.8 Å². The Balaban J connectivity index is 2.27. The van der Waals surface area contributed by atoms with Crippen molar-refractivity contribution in [3.8, 4) is 6.07 Å². The molecule has 17 heavy (non-hydrogen) atoms. The molecular weight excluding hydrogens is 220 g/mol. The number of carbonyl (C=O) groups excluding carboxylic acids is 1. The molecule has 0 aliphatic heterocycles. The van der Waals surface area contributed by atoms with Crippen molar-refractivity contribution < 1.29 is 9.53 Å². The fraction of sp³-hybridized carbons (Fsp3) is 0.455. The van der Waals surface area contributed by atoms with Crippen LogP contribution in [0.3, 0.4) is 0 Å². The predicted molar refractivity (Wildman–Crippen MR) is 61.1 cm³/mol. The van der Waals surface area contributed by atoms with Crippen molar-refractivity contribution in [2.75, 3.05) is 18.5 Å². The van der Waals surface area contributed by atoms with Crippen LogP contribution in [0.15, 0.2) is 12.3 Å². The molecule has 6 nitrogen and oxygen atoms in total. The van der Waals surface area contributed by atoms with Gasteiger partial charge in [0, 0.05) is 19.2 Å². The molecule has 90 valence electrons. The summed E-state index contributed by atoms with van der Waals surface area (Å²) in [6.07, 6.45) is 2.51. The number of ether oxygens (including phenoxy) is 1. The number of nitriles is 1. The van der Waals surface area contributed by atoms with Crippen molar-refractivity contribution in [1.29, 1.82) is 5.26 Å². The van der Waals surface area contributed by atoms with Gasteiger partial charge in [0.05, 0.1) is 6.61 Å². The van der Waals surface area contributed by atoms with E-state index < -0.39 is 0 Å². The van der Waals surface area contributed by atoms with Crippen molar-refractivity contribution in [3.05, 3.63) is 18.0 Å². The summed E-state index contributed by atoms with van der Waals surface area (Å²) in [4.78, 5) is 18.9. The highest BCUT2D eigenvalue weighted by atomic mass is 16.5. The minimum absolute atomic E-state index is 0.207. The summed E-state index contributed by atoms with van der Waals surface area (Å²) < 4.78 is 4.79. The Bertz CT molecular complexity index is 414. The van der Waals surface area contributed by atoms with Crippen molar-refractivity contribution in [3.63, 3.8) is 0 Å². The highest BCUT2D eigenvalue weighted by Crippen LogP contribution is 2.00. The van der Waals surface area contributed by atoms with Crippen molar-refractivity contribution in [2.45, 2.75) is 19.8 Å². The van der Waals surface area contributed by atoms with E-state index >= 15 is 0 Å². The van der Waals surface area contributed by atoms with Gasteiger partial charge < -0.3 is 10.1 Å². The fourth-order valence-corrected chi connectivity index (χ4v) is 1.17. The summed E-state index contributed by atoms with van der Waals surface area (Å²) in [5.74, 6) is 0.189. The standard InChI is InChI=1S/C11H14N4O2/c1-2-17-10(16)4-3-6-13-11-14-7-5-9(8-12)15-11/h5,7H,2-4,6H2,1H3,(H,13,14,15). The minimum atomic E-state index is -0.207. The molecule has 0 saturated heterocycles. The first kappa shape index (κ1) is 12.9. The Labute approximate surface area is 99.6 Å². The van der Waals surface area contributed by atoms with Crippen LogP contribution in [-0.2, 0) is 9.53 Å². The molecule has 0 amide bonds. The van der Waals surface area contributed by atoms with Crippen LogP contribution in [0, 0.1) is 11.3 Å². The summed E-state index contributed by atoms with van der Waals surface area (Å²) >= 11 is 0. The Morgan fingerprint density at radius 3 is 3.18 bits per heavy atom. The zero-order valence-electron chi connectivity index (χ0n) is 9.64. The summed E-state index contributed by atoms with van der Waals surface area (Å²) in [7, 11) is 0. The molecule has 0 bridgehead atoms. The highest BCUT2D eigenvalue weighted by Gasteiger charge is 2.01. The summed E-state index contributed by atoms with van der Waals surface area (Å²) in [5.41, 5.74) is 0.313. The first-order valence-electron chi connectivity index (χ1n) is 5.39. The van der Waals surface area contributed by atoms with E-state index in [2.05, 4.69) is 15.3 Å². The van der Waals surface area contributed by atoms with E-state index in [0.29, 0.717) is 37.6 Å². The number of rotatable bonds is 6. The van der Waals surface area contributed by atoms with Gasteiger partial charge in [-0.25, -0.2) is 9.97 Å². The molecule has 1 aromatic rings. The average Bonchev–Trinajstić information content (AvgIpc) is 2.35. The summed E-state index contributed by atoms with van der Waals surface area (Å²) in [6, 6.07) is 3.46. The second kappa shape index (κ2) is 7.17. The number of anilines is 1. The number of esters is 1. The van der Waals surface area contributed by atoms with E-state index in [4.69, 9.17) is 10.00 Å². The van der Waals surface area contributed by atoms with Gasteiger partial charge in [-0.3, -0.25) is 4.79 Å². The third-order valence-corrected chi connectivity index (χ3v) is 1.92. The monoisotopic (exact) mass is 234 g/mol. The molecule has 6 heteroatoms. The lowest BCUT2D eigenvalue weighted by Gasteiger charge is -2.04. The third-order valence-electron chi connectivity index (χ3n) is 1.92. The molecule has 0 radical (unpaired) electrons. The number of aromatic nitrogens is 2. The summed E-state index contributed by atoms with van der Waals surface area (Å²) in [6.45, 7) is 2.74. The van der Waals surface area contributed by atoms with Gasteiger partial charge >= 0.3 is 5.97 Å². The maximum Gasteiger partial charge on any atom is 0.305 e. The lowest BCUT2D eigenvalue weighted by atomic mass is 10.3. The zero-order valence-corrected chi connectivity index (χ0v) is 9.64. The van der Waals surface area contributed by atoms with Crippen molar-refractivity contribution >= 4 is 11.9 Å². The largest absolute Gasteiger partial charge is 0.466 e. The molecule has 1 N–H and O–H groups in total. The Morgan fingerprint density at radius 1 is 1.65 bits per heavy atom. The van der Waals surface area contributed by atoms with Gasteiger partial charge in [0.15, 0.2) is 0 Å². The molecule has 0 spiro atoms. The number of carbonyl (C=O) groups is 1. The highest BCUT2D eigenvalue weighted by molar-refractivity contribution is 5.69. The third kappa shape index (κ3) is 4.93. The Kier molecular flexibility index (Phi) is 5.44. The zero-order chi connectivity index (χ0) is 12.5. The molecule has 0 aliphatic rings. The van der Waals surface area contributed by atoms with Gasteiger partial charge in [0.25, 0.3) is 0 Å². The SMILES string of the molecule is CCOC(=O)CCCNc1nccc(C#N)n1. The topological polar surface area (TPSA) is 87.9 Å². The van der Waals surface area contributed by atoms with E-state index in [1.807, 2.05) is 6.07 Å². The second-order valence-electron chi connectivity index (χ2n) is 3.21. The molecule has 0 unspecified atom stereocenters. The number of nitrogens with zero attached hydrogens (tertiary/aromatic N) is 3. The van der Waals surface area contributed by atoms with Gasteiger partial charge in [-0.1, -0.05) is 0 Å². The van der Waals surface area contributed by atoms with E-state index in [-0.39, 0.29) is 5.97 Å². The quantitative estimate of drug-likeness (QED) is 0.585. The fourth-order valence-electron chi connectivity index (χ4n) is 1.17. The van der Waals surface area contributed by atoms with Crippen LogP contribution in [0.5, 0.6) is 0 Å². The molecular formula is C11H14N4O2. The minimum Gasteiger partial charge on any atom is -0.466 e. The maximum absolute atomic E-state index is 11.0. The molecule has 0 fully saturated rings. The first-order valence-corrected chi connectivity index (χ1v) is 5.39. The van der Waals surface area contributed by atoms with E-state index in [1.165, 1.54) is 12.3 Å². The van der Waals surface area contributed by atoms with Crippen LogP contribution in [0.1, 0.15) is 25.5 Å². The maximum atomic E-state index is 11.0. The van der Waals surface area contributed by atoms with Gasteiger partial charge in [0.2, 0.25) is 5.95 Å². The van der Waals surface area contributed by atoms with Crippen LogP contribution in [0.4, 0.5) is 5.95 Å². The normalized spacial score (nSPS) is 9.41. The van der Waals surface area contributed by atoms with Crippen LogP contribution < -0.4 is 5.32 Å². The molecule has 1 rings (SSSR count). The number of nitrogens with one attached hydrogen (secondary N) is 1. The predicted octanol–water partition coefficient (Wildman–Crippen LogP) is 1.10. The molecule has 1 aromatic heterocycles.